The monoisotopic (exact) mass is 360 g/mol. The number of hydrogen-bond acceptors (Lipinski definition) is 4. The van der Waals surface area contributed by atoms with Gasteiger partial charge in [0.1, 0.15) is 6.10 Å². The first-order chi connectivity index (χ1) is 12.7. The Hall–Kier alpha value is -1.82. The minimum atomic E-state index is -0.0863. The number of ether oxygens (including phenoxy) is 2. The summed E-state index contributed by atoms with van der Waals surface area (Å²) in [5, 5.41) is 6.69. The van der Waals surface area contributed by atoms with Gasteiger partial charge in [-0.25, -0.2) is 9.98 Å². The van der Waals surface area contributed by atoms with Gasteiger partial charge in [0.05, 0.1) is 12.1 Å². The van der Waals surface area contributed by atoms with Gasteiger partial charge < -0.3 is 20.1 Å². The lowest BCUT2D eigenvalue weighted by Crippen LogP contribution is -2.45. The second-order valence-electron chi connectivity index (χ2n) is 7.48. The van der Waals surface area contributed by atoms with Crippen molar-refractivity contribution in [2.45, 2.75) is 70.6 Å². The van der Waals surface area contributed by atoms with Crippen LogP contribution in [0.2, 0.25) is 0 Å². The van der Waals surface area contributed by atoms with Crippen LogP contribution in [0.5, 0.6) is 5.88 Å². The third-order valence-corrected chi connectivity index (χ3v) is 5.08. The number of nitrogens with one attached hydrogen (secondary N) is 2. The molecule has 1 atom stereocenters. The molecule has 1 aromatic heterocycles. The average molecular weight is 361 g/mol. The van der Waals surface area contributed by atoms with Crippen LogP contribution in [0, 0.1) is 0 Å². The Morgan fingerprint density at radius 1 is 1.31 bits per heavy atom. The maximum Gasteiger partial charge on any atom is 0.213 e. The molecule has 0 radical (unpaired) electrons. The minimum Gasteiger partial charge on any atom is -0.474 e. The lowest BCUT2D eigenvalue weighted by molar-refractivity contribution is 0.0243. The molecule has 2 heterocycles. The zero-order valence-electron chi connectivity index (χ0n) is 16.1. The van der Waals surface area contributed by atoms with Crippen LogP contribution in [-0.2, 0) is 11.3 Å². The van der Waals surface area contributed by atoms with Crippen molar-refractivity contribution >= 4 is 5.96 Å². The van der Waals surface area contributed by atoms with Crippen molar-refractivity contribution < 1.29 is 9.47 Å². The molecule has 1 aromatic rings. The molecule has 0 bridgehead atoms. The lowest BCUT2D eigenvalue weighted by atomic mass is 10.0. The summed E-state index contributed by atoms with van der Waals surface area (Å²) in [5.74, 6) is 1.54. The fourth-order valence-electron chi connectivity index (χ4n) is 3.51. The van der Waals surface area contributed by atoms with Crippen molar-refractivity contribution in [1.82, 2.24) is 15.6 Å². The summed E-state index contributed by atoms with van der Waals surface area (Å²) >= 11 is 0. The first-order valence-electron chi connectivity index (χ1n) is 9.94. The highest BCUT2D eigenvalue weighted by Crippen LogP contribution is 2.24. The summed E-state index contributed by atoms with van der Waals surface area (Å²) in [6.45, 7) is 7.27. The minimum absolute atomic E-state index is 0.0863. The number of hydrogen-bond donors (Lipinski definition) is 2. The van der Waals surface area contributed by atoms with E-state index in [0.717, 1.165) is 62.8 Å². The maximum atomic E-state index is 5.92. The van der Waals surface area contributed by atoms with Gasteiger partial charge >= 0.3 is 0 Å². The molecule has 144 valence electrons. The number of pyridine rings is 1. The van der Waals surface area contributed by atoms with Crippen LogP contribution in [0.4, 0.5) is 0 Å². The van der Waals surface area contributed by atoms with E-state index < -0.39 is 0 Å². The highest BCUT2D eigenvalue weighted by molar-refractivity contribution is 5.79. The van der Waals surface area contributed by atoms with Crippen LogP contribution in [0.15, 0.2) is 23.3 Å². The Morgan fingerprint density at radius 3 is 2.81 bits per heavy atom. The standard InChI is InChI=1S/C20H32N4O2/c1-3-21-19(24-15-20(2)11-6-12-25-20)23-14-16-9-10-18(22-13-16)26-17-7-4-5-8-17/h9-10,13,17H,3-8,11-12,14-15H2,1-2H3,(H2,21,23,24). The fraction of sp³-hybridized carbons (Fsp3) is 0.700. The molecule has 0 amide bonds. The van der Waals surface area contributed by atoms with Gasteiger partial charge in [-0.05, 0) is 57.9 Å². The second kappa shape index (κ2) is 9.21. The Labute approximate surface area is 156 Å². The molecule has 1 aliphatic heterocycles. The van der Waals surface area contributed by atoms with E-state index in [-0.39, 0.29) is 5.60 Å². The van der Waals surface area contributed by atoms with Crippen LogP contribution in [0.3, 0.4) is 0 Å². The zero-order chi connectivity index (χ0) is 18.2. The maximum absolute atomic E-state index is 5.92. The van der Waals surface area contributed by atoms with Crippen molar-refractivity contribution in [2.75, 3.05) is 19.7 Å². The number of guanidine groups is 1. The normalized spacial score (nSPS) is 24.0. The second-order valence-corrected chi connectivity index (χ2v) is 7.48. The molecule has 26 heavy (non-hydrogen) atoms. The van der Waals surface area contributed by atoms with E-state index in [9.17, 15) is 0 Å². The Balaban J connectivity index is 1.51. The predicted molar refractivity (Wildman–Crippen MR) is 104 cm³/mol. The van der Waals surface area contributed by atoms with Gasteiger partial charge in [0, 0.05) is 32.0 Å². The highest BCUT2D eigenvalue weighted by atomic mass is 16.5. The van der Waals surface area contributed by atoms with Crippen LogP contribution in [-0.4, -0.2) is 42.3 Å². The Bertz CT molecular complexity index is 576. The number of rotatable bonds is 7. The smallest absolute Gasteiger partial charge is 0.213 e. The number of aromatic nitrogens is 1. The molecular formula is C20H32N4O2. The van der Waals surface area contributed by atoms with E-state index >= 15 is 0 Å². The van der Waals surface area contributed by atoms with Crippen molar-refractivity contribution in [2.24, 2.45) is 4.99 Å². The van der Waals surface area contributed by atoms with Gasteiger partial charge in [0.15, 0.2) is 5.96 Å². The Morgan fingerprint density at radius 2 is 2.15 bits per heavy atom. The average Bonchev–Trinajstić information content (AvgIpc) is 3.31. The molecule has 1 saturated carbocycles. The molecule has 2 fully saturated rings. The molecule has 6 heteroatoms. The first kappa shape index (κ1) is 19.0. The largest absolute Gasteiger partial charge is 0.474 e. The summed E-state index contributed by atoms with van der Waals surface area (Å²) in [4.78, 5) is 9.10. The third-order valence-electron chi connectivity index (χ3n) is 5.08. The zero-order valence-corrected chi connectivity index (χ0v) is 16.1. The molecule has 2 N–H and O–H groups in total. The topological polar surface area (TPSA) is 67.8 Å². The third kappa shape index (κ3) is 5.59. The van der Waals surface area contributed by atoms with Crippen molar-refractivity contribution in [3.8, 4) is 5.88 Å². The summed E-state index contributed by atoms with van der Waals surface area (Å²) in [5.41, 5.74) is 0.987. The van der Waals surface area contributed by atoms with Crippen LogP contribution < -0.4 is 15.4 Å². The van der Waals surface area contributed by atoms with E-state index in [1.54, 1.807) is 0 Å². The summed E-state index contributed by atoms with van der Waals surface area (Å²) in [6, 6.07) is 4.00. The molecule has 1 saturated heterocycles. The van der Waals surface area contributed by atoms with Gasteiger partial charge in [-0.1, -0.05) is 6.07 Å². The predicted octanol–water partition coefficient (Wildman–Crippen LogP) is 3.03. The highest BCUT2D eigenvalue weighted by Gasteiger charge is 2.29. The Kier molecular flexibility index (Phi) is 6.72. The summed E-state index contributed by atoms with van der Waals surface area (Å²) in [7, 11) is 0. The van der Waals surface area contributed by atoms with Crippen LogP contribution in [0.25, 0.3) is 0 Å². The van der Waals surface area contributed by atoms with Crippen LogP contribution >= 0.6 is 0 Å². The van der Waals surface area contributed by atoms with Gasteiger partial charge in [-0.15, -0.1) is 0 Å². The molecule has 0 spiro atoms. The van der Waals surface area contributed by atoms with Gasteiger partial charge in [-0.2, -0.15) is 0 Å². The summed E-state index contributed by atoms with van der Waals surface area (Å²) < 4.78 is 11.7. The van der Waals surface area contributed by atoms with Crippen molar-refractivity contribution in [3.63, 3.8) is 0 Å². The van der Waals surface area contributed by atoms with E-state index in [1.165, 1.54) is 12.8 Å². The number of aliphatic imine (C=N–C) groups is 1. The molecule has 6 nitrogen and oxygen atoms in total. The van der Waals surface area contributed by atoms with Crippen molar-refractivity contribution in [3.05, 3.63) is 23.9 Å². The molecular weight excluding hydrogens is 328 g/mol. The molecule has 3 rings (SSSR count). The molecule has 2 aliphatic rings. The quantitative estimate of drug-likeness (QED) is 0.578. The lowest BCUT2D eigenvalue weighted by Gasteiger charge is -2.24. The van der Waals surface area contributed by atoms with Gasteiger partial charge in [-0.3, -0.25) is 0 Å². The fourth-order valence-corrected chi connectivity index (χ4v) is 3.51. The van der Waals surface area contributed by atoms with E-state index in [0.29, 0.717) is 12.6 Å². The van der Waals surface area contributed by atoms with Crippen LogP contribution in [0.1, 0.15) is 57.9 Å². The molecule has 1 aliphatic carbocycles. The molecule has 1 unspecified atom stereocenters. The van der Waals surface area contributed by atoms with E-state index in [1.807, 2.05) is 18.3 Å². The van der Waals surface area contributed by atoms with E-state index in [4.69, 9.17) is 9.47 Å². The van der Waals surface area contributed by atoms with Gasteiger partial charge in [0.25, 0.3) is 0 Å². The van der Waals surface area contributed by atoms with Crippen molar-refractivity contribution in [1.29, 1.82) is 0 Å². The number of nitrogens with zero attached hydrogens (tertiary/aromatic N) is 2. The van der Waals surface area contributed by atoms with E-state index in [2.05, 4.69) is 34.5 Å². The molecule has 0 aromatic carbocycles. The SMILES string of the molecule is CCNC(=NCc1ccc(OC2CCCC2)nc1)NCC1(C)CCCO1. The van der Waals surface area contributed by atoms with Gasteiger partial charge in [0.2, 0.25) is 5.88 Å². The first-order valence-corrected chi connectivity index (χ1v) is 9.94. The summed E-state index contributed by atoms with van der Waals surface area (Å²) in [6.07, 6.45) is 9.25.